The largest absolute Gasteiger partial charge is 0.480 e. The Labute approximate surface area is 189 Å². The Hall–Kier alpha value is -2.45. The van der Waals surface area contributed by atoms with Gasteiger partial charge in [0.25, 0.3) is 0 Å². The van der Waals surface area contributed by atoms with Crippen LogP contribution in [-0.4, -0.2) is 81.8 Å². The molecule has 0 saturated carbocycles. The van der Waals surface area contributed by atoms with Gasteiger partial charge >= 0.3 is 5.97 Å². The summed E-state index contributed by atoms with van der Waals surface area (Å²) in [6.07, 6.45) is 0.990. The molecule has 0 amide bonds. The molecule has 2 aliphatic heterocycles. The van der Waals surface area contributed by atoms with Crippen molar-refractivity contribution in [2.24, 2.45) is 0 Å². The lowest BCUT2D eigenvalue weighted by molar-refractivity contribution is -0.142. The van der Waals surface area contributed by atoms with Crippen LogP contribution in [-0.2, 0) is 25.4 Å². The van der Waals surface area contributed by atoms with Crippen molar-refractivity contribution in [1.82, 2.24) is 4.90 Å². The number of anilines is 1. The van der Waals surface area contributed by atoms with Gasteiger partial charge in [-0.05, 0) is 29.2 Å². The average molecular weight is 441 g/mol. The molecular weight excluding hydrogens is 408 g/mol. The molecule has 1 saturated heterocycles. The number of aliphatic carboxylic acids is 1. The van der Waals surface area contributed by atoms with Gasteiger partial charge in [0, 0.05) is 31.9 Å². The fourth-order valence-corrected chi connectivity index (χ4v) is 4.56. The quantitative estimate of drug-likeness (QED) is 0.539. The Kier molecular flexibility index (Phi) is 8.12. The maximum absolute atomic E-state index is 10.4. The standard InChI is InChI=1S/C25H32N2O5/c28-25(29)19-32-16-15-31-14-13-30-12-11-26-9-10-27-23-8-4-2-6-21(23)17-20-5-1-3-7-22(20)24(27)18-26/h1-8,24H,9-19H2,(H,28,29). The van der Waals surface area contributed by atoms with Crippen LogP contribution in [0.25, 0.3) is 0 Å². The smallest absolute Gasteiger partial charge is 0.329 e. The predicted octanol–water partition coefficient (Wildman–Crippen LogP) is 2.59. The van der Waals surface area contributed by atoms with E-state index in [9.17, 15) is 4.79 Å². The summed E-state index contributed by atoms with van der Waals surface area (Å²) in [4.78, 5) is 15.4. The summed E-state index contributed by atoms with van der Waals surface area (Å²) < 4.78 is 16.1. The molecule has 1 atom stereocenters. The van der Waals surface area contributed by atoms with Crippen molar-refractivity contribution in [3.05, 3.63) is 65.2 Å². The first-order valence-electron chi connectivity index (χ1n) is 11.3. The highest BCUT2D eigenvalue weighted by atomic mass is 16.5. The van der Waals surface area contributed by atoms with E-state index in [0.29, 0.717) is 32.5 Å². The van der Waals surface area contributed by atoms with Crippen LogP contribution in [0, 0.1) is 0 Å². The highest BCUT2D eigenvalue weighted by molar-refractivity contribution is 5.68. The summed E-state index contributed by atoms with van der Waals surface area (Å²) in [5.41, 5.74) is 5.64. The van der Waals surface area contributed by atoms with Gasteiger partial charge in [0.05, 0.1) is 39.1 Å². The van der Waals surface area contributed by atoms with Crippen molar-refractivity contribution < 1.29 is 24.1 Å². The lowest BCUT2D eigenvalue weighted by Gasteiger charge is -2.43. The zero-order valence-electron chi connectivity index (χ0n) is 18.4. The topological polar surface area (TPSA) is 71.5 Å². The van der Waals surface area contributed by atoms with Crippen LogP contribution in [0.15, 0.2) is 48.5 Å². The molecule has 0 spiro atoms. The minimum absolute atomic E-state index is 0.280. The number of hydrogen-bond acceptors (Lipinski definition) is 6. The van der Waals surface area contributed by atoms with Gasteiger partial charge in [0.15, 0.2) is 0 Å². The summed E-state index contributed by atoms with van der Waals surface area (Å²) in [6, 6.07) is 18.0. The SMILES string of the molecule is O=C(O)COCCOCCOCCN1CCN2c3ccccc3Cc3ccccc3C2C1. The predicted molar refractivity (Wildman–Crippen MR) is 122 cm³/mol. The van der Waals surface area contributed by atoms with Crippen molar-refractivity contribution in [1.29, 1.82) is 0 Å². The number of carbonyl (C=O) groups is 1. The number of nitrogens with zero attached hydrogens (tertiary/aromatic N) is 2. The second kappa shape index (κ2) is 11.4. The average Bonchev–Trinajstić information content (AvgIpc) is 2.94. The Morgan fingerprint density at radius 1 is 0.875 bits per heavy atom. The van der Waals surface area contributed by atoms with E-state index in [-0.39, 0.29) is 13.2 Å². The number of para-hydroxylation sites is 1. The van der Waals surface area contributed by atoms with Gasteiger partial charge in [0.2, 0.25) is 0 Å². The Morgan fingerprint density at radius 2 is 1.56 bits per heavy atom. The molecule has 172 valence electrons. The van der Waals surface area contributed by atoms with E-state index in [0.717, 1.165) is 32.6 Å². The van der Waals surface area contributed by atoms with Crippen molar-refractivity contribution in [2.75, 3.05) is 70.7 Å². The molecule has 0 radical (unpaired) electrons. The van der Waals surface area contributed by atoms with Crippen molar-refractivity contribution in [2.45, 2.75) is 12.5 Å². The first-order chi connectivity index (χ1) is 15.7. The van der Waals surface area contributed by atoms with Crippen LogP contribution in [0.5, 0.6) is 0 Å². The van der Waals surface area contributed by atoms with Gasteiger partial charge < -0.3 is 24.2 Å². The van der Waals surface area contributed by atoms with Crippen LogP contribution in [0.1, 0.15) is 22.7 Å². The van der Waals surface area contributed by atoms with E-state index in [1.807, 2.05) is 0 Å². The summed E-state index contributed by atoms with van der Waals surface area (Å²) >= 11 is 0. The molecule has 2 aromatic rings. The fraction of sp³-hybridized carbons (Fsp3) is 0.480. The number of rotatable bonds is 11. The normalized spacial score (nSPS) is 17.9. The van der Waals surface area contributed by atoms with E-state index >= 15 is 0 Å². The highest BCUT2D eigenvalue weighted by Gasteiger charge is 2.32. The minimum Gasteiger partial charge on any atom is -0.480 e. The molecule has 7 nitrogen and oxygen atoms in total. The molecule has 1 unspecified atom stereocenters. The molecule has 2 heterocycles. The number of carboxylic acids is 1. The molecule has 0 bridgehead atoms. The third-order valence-corrected chi connectivity index (χ3v) is 6.08. The van der Waals surface area contributed by atoms with E-state index in [4.69, 9.17) is 19.3 Å². The lowest BCUT2D eigenvalue weighted by Crippen LogP contribution is -2.49. The van der Waals surface area contributed by atoms with Gasteiger partial charge in [0.1, 0.15) is 6.61 Å². The molecule has 7 heteroatoms. The number of hydrogen-bond donors (Lipinski definition) is 1. The summed E-state index contributed by atoms with van der Waals surface area (Å²) in [5, 5.41) is 8.50. The third-order valence-electron chi connectivity index (χ3n) is 6.08. The second-order valence-electron chi connectivity index (χ2n) is 8.19. The van der Waals surface area contributed by atoms with E-state index in [2.05, 4.69) is 58.3 Å². The Balaban J connectivity index is 1.23. The molecule has 1 fully saturated rings. The van der Waals surface area contributed by atoms with Crippen LogP contribution in [0.4, 0.5) is 5.69 Å². The monoisotopic (exact) mass is 440 g/mol. The molecule has 2 aromatic carbocycles. The molecule has 0 aliphatic carbocycles. The summed E-state index contributed by atoms with van der Waals surface area (Å²) in [7, 11) is 0. The van der Waals surface area contributed by atoms with E-state index in [1.165, 1.54) is 22.4 Å². The highest BCUT2D eigenvalue weighted by Crippen LogP contribution is 2.38. The van der Waals surface area contributed by atoms with E-state index < -0.39 is 5.97 Å². The molecule has 1 N–H and O–H groups in total. The zero-order valence-corrected chi connectivity index (χ0v) is 18.4. The maximum atomic E-state index is 10.4. The van der Waals surface area contributed by atoms with Crippen LogP contribution in [0.2, 0.25) is 0 Å². The number of fused-ring (bicyclic) bond motifs is 5. The van der Waals surface area contributed by atoms with Crippen LogP contribution in [0.3, 0.4) is 0 Å². The van der Waals surface area contributed by atoms with E-state index in [1.54, 1.807) is 0 Å². The van der Waals surface area contributed by atoms with Crippen molar-refractivity contribution >= 4 is 11.7 Å². The van der Waals surface area contributed by atoms with Gasteiger partial charge in [-0.1, -0.05) is 42.5 Å². The first-order valence-corrected chi connectivity index (χ1v) is 11.3. The second-order valence-corrected chi connectivity index (χ2v) is 8.19. The van der Waals surface area contributed by atoms with Gasteiger partial charge in [-0.25, -0.2) is 4.79 Å². The van der Waals surface area contributed by atoms with Crippen molar-refractivity contribution in [3.63, 3.8) is 0 Å². The third kappa shape index (κ3) is 5.86. The molecule has 0 aromatic heterocycles. The summed E-state index contributed by atoms with van der Waals surface area (Å²) in [6.45, 7) is 5.97. The van der Waals surface area contributed by atoms with Crippen LogP contribution >= 0.6 is 0 Å². The minimum atomic E-state index is -0.967. The lowest BCUT2D eigenvalue weighted by atomic mass is 9.96. The Bertz CT molecular complexity index is 890. The Morgan fingerprint density at radius 3 is 2.38 bits per heavy atom. The number of ether oxygens (including phenoxy) is 3. The first kappa shape index (κ1) is 22.7. The number of piperazine rings is 1. The summed E-state index contributed by atoms with van der Waals surface area (Å²) in [5.74, 6) is -0.967. The van der Waals surface area contributed by atoms with Crippen LogP contribution < -0.4 is 4.90 Å². The zero-order chi connectivity index (χ0) is 22.2. The van der Waals surface area contributed by atoms with Gasteiger partial charge in [-0.2, -0.15) is 0 Å². The van der Waals surface area contributed by atoms with Gasteiger partial charge in [-0.3, -0.25) is 4.90 Å². The number of carboxylic acid groups (broad SMARTS) is 1. The number of benzene rings is 2. The molecule has 2 aliphatic rings. The van der Waals surface area contributed by atoms with Crippen molar-refractivity contribution in [3.8, 4) is 0 Å². The fourth-order valence-electron chi connectivity index (χ4n) is 4.56. The molecular formula is C25H32N2O5. The maximum Gasteiger partial charge on any atom is 0.329 e. The molecule has 32 heavy (non-hydrogen) atoms. The molecule has 4 rings (SSSR count). The van der Waals surface area contributed by atoms with Gasteiger partial charge in [-0.15, -0.1) is 0 Å².